The first-order valence-electron chi connectivity index (χ1n) is 14.5. The van der Waals surface area contributed by atoms with E-state index in [1.807, 2.05) is 56.3 Å². The summed E-state index contributed by atoms with van der Waals surface area (Å²) >= 11 is 0. The van der Waals surface area contributed by atoms with Crippen LogP contribution in [0.5, 0.6) is 5.75 Å². The van der Waals surface area contributed by atoms with Gasteiger partial charge in [0.05, 0.1) is 44.7 Å². The molecule has 216 valence electrons. The lowest BCUT2D eigenvalue weighted by Crippen LogP contribution is -2.55. The number of methoxy groups -OCH3 is 1. The first kappa shape index (κ1) is 30.0. The van der Waals surface area contributed by atoms with E-state index in [2.05, 4.69) is 46.8 Å². The molecule has 0 spiro atoms. The molecule has 2 fully saturated rings. The Balaban J connectivity index is 1.45. The first-order chi connectivity index (χ1) is 18.6. The van der Waals surface area contributed by atoms with Gasteiger partial charge in [-0.1, -0.05) is 77.1 Å². The molecule has 2 aliphatic heterocycles. The van der Waals surface area contributed by atoms with E-state index in [0.29, 0.717) is 19.1 Å². The third-order valence-corrected chi connectivity index (χ3v) is 8.21. The van der Waals surface area contributed by atoms with E-state index in [-0.39, 0.29) is 42.2 Å². The molecule has 0 unspecified atom stereocenters. The smallest absolute Gasteiger partial charge is 0.184 e. The Hall–Kier alpha value is -1.96. The monoisotopic (exact) mass is 540 g/mol. The van der Waals surface area contributed by atoms with Gasteiger partial charge in [-0.2, -0.15) is 0 Å². The number of hydrogen-bond acceptors (Lipinski definition) is 6. The van der Waals surface area contributed by atoms with Gasteiger partial charge in [-0.15, -0.1) is 0 Å². The normalized spacial score (nSPS) is 31.7. The third-order valence-electron chi connectivity index (χ3n) is 8.21. The largest absolute Gasteiger partial charge is 0.497 e. The van der Waals surface area contributed by atoms with E-state index in [4.69, 9.17) is 28.4 Å². The van der Waals surface area contributed by atoms with Gasteiger partial charge in [0.1, 0.15) is 5.75 Å². The van der Waals surface area contributed by atoms with Crippen molar-refractivity contribution in [1.29, 1.82) is 0 Å². The second-order valence-corrected chi connectivity index (χ2v) is 12.2. The van der Waals surface area contributed by atoms with E-state index >= 15 is 0 Å². The van der Waals surface area contributed by atoms with E-state index in [0.717, 1.165) is 17.7 Å². The maximum Gasteiger partial charge on any atom is 0.184 e. The summed E-state index contributed by atoms with van der Waals surface area (Å²) in [5.74, 6) is 1.13. The van der Waals surface area contributed by atoms with Crippen LogP contribution in [-0.2, 0) is 30.3 Å². The summed E-state index contributed by atoms with van der Waals surface area (Å²) in [6, 6.07) is 18.3. The number of benzene rings is 2. The van der Waals surface area contributed by atoms with Crippen molar-refractivity contribution in [3.63, 3.8) is 0 Å². The van der Waals surface area contributed by atoms with Gasteiger partial charge in [-0.3, -0.25) is 0 Å². The van der Waals surface area contributed by atoms with Crippen molar-refractivity contribution in [2.24, 2.45) is 23.7 Å². The molecular weight excluding hydrogens is 492 g/mol. The molecule has 2 aromatic carbocycles. The predicted molar refractivity (Wildman–Crippen MR) is 152 cm³/mol. The van der Waals surface area contributed by atoms with Crippen LogP contribution in [0.25, 0.3) is 0 Å². The van der Waals surface area contributed by atoms with Gasteiger partial charge in [0.25, 0.3) is 0 Å². The average molecular weight is 541 g/mol. The SMILES string of the molecule is COc1ccc([C@H]2O[C@@H](C[C@@H]3OC(C)(C)O[C@H]([C@H](C)COCc4ccccc4)[C@@H]3C)[C@H](C)[C@@H](C(C)C)O2)cc1. The van der Waals surface area contributed by atoms with Gasteiger partial charge in [0, 0.05) is 29.7 Å². The Kier molecular flexibility index (Phi) is 10.1. The van der Waals surface area contributed by atoms with Crippen LogP contribution in [0.4, 0.5) is 0 Å². The summed E-state index contributed by atoms with van der Waals surface area (Å²) < 4.78 is 37.7. The molecule has 8 atom stereocenters. The molecule has 0 amide bonds. The first-order valence-corrected chi connectivity index (χ1v) is 14.5. The quantitative estimate of drug-likeness (QED) is 0.318. The zero-order chi connectivity index (χ0) is 28.2. The van der Waals surface area contributed by atoms with Gasteiger partial charge in [0.2, 0.25) is 0 Å². The molecule has 2 saturated heterocycles. The average Bonchev–Trinajstić information content (AvgIpc) is 2.92. The summed E-state index contributed by atoms with van der Waals surface area (Å²) in [6.07, 6.45) is 0.439. The summed E-state index contributed by atoms with van der Waals surface area (Å²) in [5, 5.41) is 0. The number of rotatable bonds is 10. The Morgan fingerprint density at radius 1 is 0.821 bits per heavy atom. The van der Waals surface area contributed by atoms with Gasteiger partial charge >= 0.3 is 0 Å². The topological polar surface area (TPSA) is 55.4 Å². The van der Waals surface area contributed by atoms with Crippen molar-refractivity contribution in [2.75, 3.05) is 13.7 Å². The van der Waals surface area contributed by atoms with Crippen molar-refractivity contribution >= 4 is 0 Å². The summed E-state index contributed by atoms with van der Waals surface area (Å²) in [6.45, 7) is 16.4. The Morgan fingerprint density at radius 3 is 2.13 bits per heavy atom. The minimum atomic E-state index is -0.684. The van der Waals surface area contributed by atoms with Crippen LogP contribution in [0.1, 0.15) is 72.3 Å². The minimum absolute atomic E-state index is 0.00907. The molecular formula is C33H48O6. The fourth-order valence-electron chi connectivity index (χ4n) is 6.05. The molecule has 2 aromatic rings. The molecule has 0 aromatic heterocycles. The summed E-state index contributed by atoms with van der Waals surface area (Å²) in [7, 11) is 1.68. The zero-order valence-electron chi connectivity index (χ0n) is 25.0. The van der Waals surface area contributed by atoms with Crippen LogP contribution in [0, 0.1) is 23.7 Å². The van der Waals surface area contributed by atoms with Gasteiger partial charge in [-0.05, 0) is 37.5 Å². The Bertz CT molecular complexity index is 1010. The molecule has 39 heavy (non-hydrogen) atoms. The number of hydrogen-bond donors (Lipinski definition) is 0. The van der Waals surface area contributed by atoms with Crippen molar-refractivity contribution < 1.29 is 28.4 Å². The van der Waals surface area contributed by atoms with Crippen LogP contribution < -0.4 is 4.74 Å². The maximum absolute atomic E-state index is 6.66. The highest BCUT2D eigenvalue weighted by Crippen LogP contribution is 2.42. The number of ether oxygens (including phenoxy) is 6. The van der Waals surface area contributed by atoms with Crippen LogP contribution in [0.3, 0.4) is 0 Å². The highest BCUT2D eigenvalue weighted by molar-refractivity contribution is 5.28. The molecule has 0 saturated carbocycles. The molecule has 6 nitrogen and oxygen atoms in total. The van der Waals surface area contributed by atoms with Crippen LogP contribution in [-0.4, -0.2) is 43.9 Å². The van der Waals surface area contributed by atoms with Crippen LogP contribution in [0.2, 0.25) is 0 Å². The second-order valence-electron chi connectivity index (χ2n) is 12.2. The molecule has 6 heteroatoms. The zero-order valence-corrected chi connectivity index (χ0v) is 25.0. The fourth-order valence-corrected chi connectivity index (χ4v) is 6.05. The van der Waals surface area contributed by atoms with E-state index < -0.39 is 12.1 Å². The van der Waals surface area contributed by atoms with Gasteiger partial charge in [0.15, 0.2) is 12.1 Å². The summed E-state index contributed by atoms with van der Waals surface area (Å²) in [4.78, 5) is 0. The highest BCUT2D eigenvalue weighted by Gasteiger charge is 2.46. The lowest BCUT2D eigenvalue weighted by atomic mass is 9.81. The van der Waals surface area contributed by atoms with E-state index in [1.54, 1.807) is 7.11 Å². The molecule has 0 aliphatic carbocycles. The Labute approximate surface area is 235 Å². The van der Waals surface area contributed by atoms with Gasteiger partial charge < -0.3 is 28.4 Å². The van der Waals surface area contributed by atoms with Crippen LogP contribution >= 0.6 is 0 Å². The van der Waals surface area contributed by atoms with Gasteiger partial charge in [-0.25, -0.2) is 0 Å². The van der Waals surface area contributed by atoms with E-state index in [9.17, 15) is 0 Å². The van der Waals surface area contributed by atoms with Crippen molar-refractivity contribution in [3.05, 3.63) is 65.7 Å². The lowest BCUT2D eigenvalue weighted by Gasteiger charge is -2.49. The van der Waals surface area contributed by atoms with Crippen molar-refractivity contribution in [1.82, 2.24) is 0 Å². The minimum Gasteiger partial charge on any atom is -0.497 e. The van der Waals surface area contributed by atoms with Crippen LogP contribution in [0.15, 0.2) is 54.6 Å². The standard InChI is InChI=1S/C33H48O6/c1-21(2)30-23(4)28(36-32(37-30)26-14-16-27(34-8)17-15-26)18-29-24(5)31(39-33(6,7)38-29)22(3)19-35-20-25-12-10-9-11-13-25/h9-17,21-24,28-32H,18-20H2,1-8H3/t22-,23+,24-,28+,29+,30-,31-,32+/m1/s1. The van der Waals surface area contributed by atoms with Crippen molar-refractivity contribution in [2.45, 2.75) is 98.0 Å². The Morgan fingerprint density at radius 2 is 1.49 bits per heavy atom. The highest BCUT2D eigenvalue weighted by atomic mass is 16.7. The molecule has 2 heterocycles. The van der Waals surface area contributed by atoms with E-state index in [1.165, 1.54) is 5.56 Å². The molecule has 4 rings (SSSR count). The molecule has 2 aliphatic rings. The second kappa shape index (κ2) is 13.1. The maximum atomic E-state index is 6.66. The molecule has 0 N–H and O–H groups in total. The predicted octanol–water partition coefficient (Wildman–Crippen LogP) is 7.17. The van der Waals surface area contributed by atoms with Crippen molar-refractivity contribution in [3.8, 4) is 5.75 Å². The molecule has 0 bridgehead atoms. The molecule has 0 radical (unpaired) electrons. The lowest BCUT2D eigenvalue weighted by molar-refractivity contribution is -0.341. The third kappa shape index (κ3) is 7.62. The fraction of sp³-hybridized carbons (Fsp3) is 0.636. The summed E-state index contributed by atoms with van der Waals surface area (Å²) in [5.41, 5.74) is 2.18.